The SMILES string of the molecule is C/C(N)=C(/C)CC(CC=O)C(N)C1CCC2C3CC=C4CCC=CC4(C)C3CCC12C. The van der Waals surface area contributed by atoms with Crippen LogP contribution >= 0.6 is 0 Å². The average molecular weight is 425 g/mol. The molecule has 4 rings (SSSR count). The van der Waals surface area contributed by atoms with Gasteiger partial charge in [-0.15, -0.1) is 0 Å². The number of fused-ring (bicyclic) bond motifs is 5. The Balaban J connectivity index is 1.57. The summed E-state index contributed by atoms with van der Waals surface area (Å²) in [4.78, 5) is 11.5. The first kappa shape index (κ1) is 22.8. The van der Waals surface area contributed by atoms with Crippen LogP contribution in [0.2, 0.25) is 0 Å². The van der Waals surface area contributed by atoms with Gasteiger partial charge in [0.25, 0.3) is 0 Å². The van der Waals surface area contributed by atoms with E-state index < -0.39 is 0 Å². The van der Waals surface area contributed by atoms with Crippen LogP contribution in [0.1, 0.15) is 85.5 Å². The van der Waals surface area contributed by atoms with Crippen LogP contribution in [-0.2, 0) is 4.79 Å². The zero-order valence-corrected chi connectivity index (χ0v) is 20.2. The molecule has 0 saturated heterocycles. The van der Waals surface area contributed by atoms with Gasteiger partial charge in [0.1, 0.15) is 6.29 Å². The van der Waals surface area contributed by atoms with Gasteiger partial charge in [-0.05, 0) is 100 Å². The average Bonchev–Trinajstić information content (AvgIpc) is 3.09. The van der Waals surface area contributed by atoms with Crippen LogP contribution in [0.15, 0.2) is 35.1 Å². The monoisotopic (exact) mass is 424 g/mol. The van der Waals surface area contributed by atoms with Gasteiger partial charge in [-0.25, -0.2) is 0 Å². The van der Waals surface area contributed by atoms with Crippen molar-refractivity contribution < 1.29 is 4.79 Å². The first-order chi connectivity index (χ1) is 14.7. The number of allylic oxidation sites excluding steroid dienone is 6. The predicted molar refractivity (Wildman–Crippen MR) is 129 cm³/mol. The maximum atomic E-state index is 11.5. The van der Waals surface area contributed by atoms with E-state index in [-0.39, 0.29) is 17.4 Å². The molecule has 3 heteroatoms. The summed E-state index contributed by atoms with van der Waals surface area (Å²) in [7, 11) is 0. The number of hydrogen-bond donors (Lipinski definition) is 2. The van der Waals surface area contributed by atoms with Crippen molar-refractivity contribution in [2.24, 2.45) is 51.9 Å². The lowest BCUT2D eigenvalue weighted by Crippen LogP contribution is -2.52. The van der Waals surface area contributed by atoms with E-state index in [1.165, 1.54) is 50.5 Å². The lowest BCUT2D eigenvalue weighted by molar-refractivity contribution is -0.109. The Bertz CT molecular complexity index is 791. The molecule has 172 valence electrons. The second-order valence-corrected chi connectivity index (χ2v) is 11.7. The van der Waals surface area contributed by atoms with Crippen molar-refractivity contribution in [1.29, 1.82) is 0 Å². The van der Waals surface area contributed by atoms with Gasteiger partial charge in [0.15, 0.2) is 0 Å². The number of carbonyl (C=O) groups excluding carboxylic acids is 1. The van der Waals surface area contributed by atoms with Gasteiger partial charge < -0.3 is 16.3 Å². The molecule has 0 aromatic rings. The minimum atomic E-state index is 0.0749. The molecule has 0 radical (unpaired) electrons. The van der Waals surface area contributed by atoms with Gasteiger partial charge in [0, 0.05) is 23.6 Å². The van der Waals surface area contributed by atoms with Crippen molar-refractivity contribution in [1.82, 2.24) is 0 Å². The highest BCUT2D eigenvalue weighted by atomic mass is 16.1. The van der Waals surface area contributed by atoms with E-state index in [2.05, 4.69) is 39.0 Å². The second-order valence-electron chi connectivity index (χ2n) is 11.7. The topological polar surface area (TPSA) is 69.1 Å². The summed E-state index contributed by atoms with van der Waals surface area (Å²) in [6, 6.07) is 0.0749. The summed E-state index contributed by atoms with van der Waals surface area (Å²) in [5.74, 6) is 3.04. The molecule has 0 amide bonds. The number of aldehydes is 1. The number of hydrogen-bond acceptors (Lipinski definition) is 3. The molecule has 0 bridgehead atoms. The molecule has 8 unspecified atom stereocenters. The number of carbonyl (C=O) groups is 1. The Morgan fingerprint density at radius 2 is 2.00 bits per heavy atom. The minimum absolute atomic E-state index is 0.0749. The van der Waals surface area contributed by atoms with Crippen molar-refractivity contribution >= 4 is 6.29 Å². The van der Waals surface area contributed by atoms with Crippen LogP contribution in [0.5, 0.6) is 0 Å². The maximum Gasteiger partial charge on any atom is 0.120 e. The summed E-state index contributed by atoms with van der Waals surface area (Å²) in [5, 5.41) is 0. The van der Waals surface area contributed by atoms with E-state index in [9.17, 15) is 4.79 Å². The lowest BCUT2D eigenvalue weighted by Gasteiger charge is -2.57. The molecule has 0 aliphatic heterocycles. The second kappa shape index (κ2) is 8.54. The Morgan fingerprint density at radius 1 is 1.23 bits per heavy atom. The fourth-order valence-electron chi connectivity index (χ4n) is 8.32. The molecular weight excluding hydrogens is 380 g/mol. The summed E-state index contributed by atoms with van der Waals surface area (Å²) in [6.45, 7) is 9.10. The van der Waals surface area contributed by atoms with Crippen LogP contribution in [0.3, 0.4) is 0 Å². The van der Waals surface area contributed by atoms with Gasteiger partial charge in [0.2, 0.25) is 0 Å². The lowest BCUT2D eigenvalue weighted by atomic mass is 9.48. The fraction of sp³-hybridized carbons (Fsp3) is 0.750. The van der Waals surface area contributed by atoms with Crippen molar-refractivity contribution in [3.8, 4) is 0 Å². The van der Waals surface area contributed by atoms with E-state index in [0.717, 1.165) is 36.2 Å². The summed E-state index contributed by atoms with van der Waals surface area (Å²) >= 11 is 0. The van der Waals surface area contributed by atoms with Crippen LogP contribution in [0.25, 0.3) is 0 Å². The number of nitrogens with two attached hydrogens (primary N) is 2. The Morgan fingerprint density at radius 3 is 2.71 bits per heavy atom. The predicted octanol–water partition coefficient (Wildman–Crippen LogP) is 5.91. The van der Waals surface area contributed by atoms with Gasteiger partial charge in [-0.2, -0.15) is 0 Å². The van der Waals surface area contributed by atoms with Crippen LogP contribution in [-0.4, -0.2) is 12.3 Å². The smallest absolute Gasteiger partial charge is 0.120 e. The van der Waals surface area contributed by atoms with Gasteiger partial charge in [-0.3, -0.25) is 0 Å². The Hall–Kier alpha value is -1.35. The third-order valence-electron chi connectivity index (χ3n) is 10.3. The molecule has 2 fully saturated rings. The first-order valence-electron chi connectivity index (χ1n) is 12.7. The molecule has 3 nitrogen and oxygen atoms in total. The van der Waals surface area contributed by atoms with E-state index in [1.807, 2.05) is 6.92 Å². The van der Waals surface area contributed by atoms with Crippen LogP contribution < -0.4 is 11.5 Å². The summed E-state index contributed by atoms with van der Waals surface area (Å²) < 4.78 is 0. The molecule has 0 aromatic heterocycles. The van der Waals surface area contributed by atoms with E-state index in [1.54, 1.807) is 5.57 Å². The third kappa shape index (κ3) is 3.75. The quantitative estimate of drug-likeness (QED) is 0.411. The fourth-order valence-corrected chi connectivity index (χ4v) is 8.32. The van der Waals surface area contributed by atoms with Crippen LogP contribution in [0.4, 0.5) is 0 Å². The van der Waals surface area contributed by atoms with Gasteiger partial charge >= 0.3 is 0 Å². The van der Waals surface area contributed by atoms with E-state index in [4.69, 9.17) is 11.5 Å². The highest BCUT2D eigenvalue weighted by Gasteiger charge is 2.59. The molecule has 31 heavy (non-hydrogen) atoms. The normalized spacial score (nSPS) is 41.9. The molecule has 0 spiro atoms. The zero-order chi connectivity index (χ0) is 22.4. The van der Waals surface area contributed by atoms with Crippen molar-refractivity contribution in [2.45, 2.75) is 91.5 Å². The molecule has 2 saturated carbocycles. The largest absolute Gasteiger partial charge is 0.402 e. The first-order valence-corrected chi connectivity index (χ1v) is 12.7. The van der Waals surface area contributed by atoms with Gasteiger partial charge in [-0.1, -0.05) is 43.2 Å². The van der Waals surface area contributed by atoms with Gasteiger partial charge in [0.05, 0.1) is 0 Å². The summed E-state index contributed by atoms with van der Waals surface area (Å²) in [5.41, 5.74) is 17.4. The van der Waals surface area contributed by atoms with Crippen molar-refractivity contribution in [2.75, 3.05) is 0 Å². The maximum absolute atomic E-state index is 11.5. The van der Waals surface area contributed by atoms with Crippen molar-refractivity contribution in [3.63, 3.8) is 0 Å². The van der Waals surface area contributed by atoms with Crippen LogP contribution in [0, 0.1) is 40.4 Å². The Labute approximate surface area is 189 Å². The minimum Gasteiger partial charge on any atom is -0.402 e. The highest BCUT2D eigenvalue weighted by molar-refractivity contribution is 5.50. The highest BCUT2D eigenvalue weighted by Crippen LogP contribution is 2.66. The standard InChI is InChI=1S/C28H44N2O/c1-18(19(2)29)17-20(13-16-31)26(30)25-11-10-23-22-9-8-21-7-5-6-14-27(21,3)24(22)12-15-28(23,25)4/h6,8,14,16,20,22-26H,5,7,9-13,15,17,29-30H2,1-4H3/b19-18+. The molecule has 0 heterocycles. The van der Waals surface area contributed by atoms with Crippen molar-refractivity contribution in [3.05, 3.63) is 35.1 Å². The Kier molecular flexibility index (Phi) is 6.29. The molecule has 4 aliphatic rings. The zero-order valence-electron chi connectivity index (χ0n) is 20.2. The molecule has 4 aliphatic carbocycles. The third-order valence-corrected chi connectivity index (χ3v) is 10.3. The molecule has 4 N–H and O–H groups in total. The summed E-state index contributed by atoms with van der Waals surface area (Å²) in [6.07, 6.45) is 18.9. The molecule has 0 aromatic carbocycles. The number of rotatable bonds is 6. The van der Waals surface area contributed by atoms with E-state index in [0.29, 0.717) is 17.8 Å². The molecule has 8 atom stereocenters. The molecular formula is C28H44N2O. The van der Waals surface area contributed by atoms with E-state index >= 15 is 0 Å².